The Morgan fingerprint density at radius 1 is 0.950 bits per heavy atom. The maximum Gasteiger partial charge on any atom is 0.573 e. The third kappa shape index (κ3) is 3.48. The van der Waals surface area contributed by atoms with E-state index in [2.05, 4.69) is 4.74 Å². The summed E-state index contributed by atoms with van der Waals surface area (Å²) in [6, 6.07) is 9.79. The smallest absolute Gasteiger partial charge is 0.405 e. The number of nitrogens with two attached hydrogens (primary N) is 1. The first-order chi connectivity index (χ1) is 9.39. The van der Waals surface area contributed by atoms with Crippen LogP contribution in [-0.4, -0.2) is 6.36 Å². The number of rotatable bonds is 3. The van der Waals surface area contributed by atoms with Crippen molar-refractivity contribution in [1.29, 1.82) is 0 Å². The van der Waals surface area contributed by atoms with Crippen LogP contribution in [0, 0.1) is 5.82 Å². The van der Waals surface area contributed by atoms with Crippen LogP contribution in [0.4, 0.5) is 17.6 Å². The van der Waals surface area contributed by atoms with Gasteiger partial charge in [0, 0.05) is 12.1 Å². The summed E-state index contributed by atoms with van der Waals surface area (Å²) in [6.07, 6.45) is -4.76. The van der Waals surface area contributed by atoms with Crippen LogP contribution in [0.15, 0.2) is 42.5 Å². The summed E-state index contributed by atoms with van der Waals surface area (Å²) in [4.78, 5) is 0. The van der Waals surface area contributed by atoms with Crippen molar-refractivity contribution in [2.24, 2.45) is 5.73 Å². The largest absolute Gasteiger partial charge is 0.573 e. The molecule has 0 aliphatic heterocycles. The van der Waals surface area contributed by atoms with Gasteiger partial charge in [-0.2, -0.15) is 0 Å². The Morgan fingerprint density at radius 3 is 2.10 bits per heavy atom. The van der Waals surface area contributed by atoms with E-state index in [9.17, 15) is 17.6 Å². The highest BCUT2D eigenvalue weighted by molar-refractivity contribution is 5.65. The van der Waals surface area contributed by atoms with E-state index in [1.807, 2.05) is 0 Å². The average molecular weight is 285 g/mol. The molecule has 2 nitrogen and oxygen atoms in total. The summed E-state index contributed by atoms with van der Waals surface area (Å²) in [6.45, 7) is -0.0968. The molecule has 0 aliphatic carbocycles. The lowest BCUT2D eigenvalue weighted by molar-refractivity contribution is -0.274. The molecular weight excluding hydrogens is 274 g/mol. The molecule has 2 aromatic rings. The Morgan fingerprint density at radius 2 is 1.55 bits per heavy atom. The molecule has 106 valence electrons. The van der Waals surface area contributed by atoms with E-state index in [-0.39, 0.29) is 23.7 Å². The first-order valence-corrected chi connectivity index (χ1v) is 5.74. The van der Waals surface area contributed by atoms with Crippen molar-refractivity contribution in [3.63, 3.8) is 0 Å². The van der Waals surface area contributed by atoms with Gasteiger partial charge in [-0.3, -0.25) is 0 Å². The molecule has 2 rings (SSSR count). The van der Waals surface area contributed by atoms with Crippen molar-refractivity contribution < 1.29 is 22.3 Å². The average Bonchev–Trinajstić information content (AvgIpc) is 2.38. The normalized spacial score (nSPS) is 11.4. The van der Waals surface area contributed by atoms with Crippen LogP contribution < -0.4 is 10.5 Å². The van der Waals surface area contributed by atoms with Gasteiger partial charge in [-0.15, -0.1) is 13.2 Å². The highest BCUT2D eigenvalue weighted by Gasteiger charge is 2.32. The van der Waals surface area contributed by atoms with Crippen molar-refractivity contribution in [2.45, 2.75) is 12.9 Å². The van der Waals surface area contributed by atoms with Gasteiger partial charge in [-0.1, -0.05) is 18.2 Å². The first kappa shape index (κ1) is 14.3. The van der Waals surface area contributed by atoms with Crippen LogP contribution in [0.2, 0.25) is 0 Å². The fourth-order valence-electron chi connectivity index (χ4n) is 1.79. The molecule has 0 amide bonds. The van der Waals surface area contributed by atoms with E-state index in [0.717, 1.165) is 0 Å². The Kier molecular flexibility index (Phi) is 3.94. The van der Waals surface area contributed by atoms with Crippen molar-refractivity contribution in [2.75, 3.05) is 0 Å². The van der Waals surface area contributed by atoms with Gasteiger partial charge in [0.05, 0.1) is 0 Å². The number of benzene rings is 2. The molecule has 0 aromatic heterocycles. The van der Waals surface area contributed by atoms with Crippen molar-refractivity contribution in [3.05, 3.63) is 53.8 Å². The van der Waals surface area contributed by atoms with Crippen molar-refractivity contribution in [3.8, 4) is 16.9 Å². The fourth-order valence-corrected chi connectivity index (χ4v) is 1.79. The summed E-state index contributed by atoms with van der Waals surface area (Å²) >= 11 is 0. The number of ether oxygens (including phenoxy) is 1. The second-order valence-corrected chi connectivity index (χ2v) is 4.08. The zero-order valence-electron chi connectivity index (χ0n) is 10.2. The van der Waals surface area contributed by atoms with Gasteiger partial charge in [-0.05, 0) is 35.4 Å². The zero-order chi connectivity index (χ0) is 14.8. The predicted molar refractivity (Wildman–Crippen MR) is 66.4 cm³/mol. The molecule has 0 atom stereocenters. The molecule has 0 bridgehead atoms. The van der Waals surface area contributed by atoms with Gasteiger partial charge in [0.15, 0.2) is 0 Å². The minimum absolute atomic E-state index is 0.0968. The van der Waals surface area contributed by atoms with Gasteiger partial charge in [-0.25, -0.2) is 4.39 Å². The molecule has 0 radical (unpaired) electrons. The molecule has 0 aliphatic rings. The Bertz CT molecular complexity index is 593. The molecule has 2 N–H and O–H groups in total. The van der Waals surface area contributed by atoms with E-state index in [0.29, 0.717) is 11.1 Å². The van der Waals surface area contributed by atoms with Gasteiger partial charge in [0.2, 0.25) is 0 Å². The second-order valence-electron chi connectivity index (χ2n) is 4.08. The van der Waals surface area contributed by atoms with E-state index >= 15 is 0 Å². The summed E-state index contributed by atoms with van der Waals surface area (Å²) in [5.41, 5.74) is 6.98. The molecule has 6 heteroatoms. The summed E-state index contributed by atoms with van der Waals surface area (Å²) in [5, 5.41) is 0. The second kappa shape index (κ2) is 5.50. The molecule has 20 heavy (non-hydrogen) atoms. The van der Waals surface area contributed by atoms with Crippen LogP contribution in [0.25, 0.3) is 11.1 Å². The van der Waals surface area contributed by atoms with Crippen LogP contribution in [0.3, 0.4) is 0 Å². The molecule has 2 aromatic carbocycles. The highest BCUT2D eigenvalue weighted by atomic mass is 19.4. The third-order valence-corrected chi connectivity index (χ3v) is 2.68. The fraction of sp³-hybridized carbons (Fsp3) is 0.143. The highest BCUT2D eigenvalue weighted by Crippen LogP contribution is 2.30. The van der Waals surface area contributed by atoms with Crippen molar-refractivity contribution >= 4 is 0 Å². The standard InChI is InChI=1S/C14H11F4NO/c15-12-4-1-9(2-5-12)10-3-6-13(11(7-10)8-19)20-14(16,17)18/h1-7H,8,19H2. The lowest BCUT2D eigenvalue weighted by Gasteiger charge is -2.13. The SMILES string of the molecule is NCc1cc(-c2ccc(F)cc2)ccc1OC(F)(F)F. The van der Waals surface area contributed by atoms with Gasteiger partial charge in [0.1, 0.15) is 11.6 Å². The van der Waals surface area contributed by atoms with Gasteiger partial charge < -0.3 is 10.5 Å². The molecule has 0 spiro atoms. The Hall–Kier alpha value is -2.08. The van der Waals surface area contributed by atoms with E-state index < -0.39 is 6.36 Å². The number of halogens is 4. The van der Waals surface area contributed by atoms with E-state index in [1.54, 1.807) is 0 Å². The molecule has 0 heterocycles. The number of hydrogen-bond donors (Lipinski definition) is 1. The maximum atomic E-state index is 12.8. The first-order valence-electron chi connectivity index (χ1n) is 5.74. The third-order valence-electron chi connectivity index (χ3n) is 2.68. The Balaban J connectivity index is 2.36. The van der Waals surface area contributed by atoms with Gasteiger partial charge in [0.25, 0.3) is 0 Å². The minimum Gasteiger partial charge on any atom is -0.405 e. The predicted octanol–water partition coefficient (Wildman–Crippen LogP) is 3.85. The molecule has 0 saturated carbocycles. The molecule has 0 unspecified atom stereocenters. The minimum atomic E-state index is -4.76. The summed E-state index contributed by atoms with van der Waals surface area (Å²) < 4.78 is 53.4. The zero-order valence-corrected chi connectivity index (χ0v) is 10.2. The van der Waals surface area contributed by atoms with Crippen molar-refractivity contribution in [1.82, 2.24) is 0 Å². The molecular formula is C14H11F4NO. The summed E-state index contributed by atoms with van der Waals surface area (Å²) in [5.74, 6) is -0.712. The van der Waals surface area contributed by atoms with E-state index in [1.165, 1.54) is 42.5 Å². The van der Waals surface area contributed by atoms with Crippen LogP contribution in [0.5, 0.6) is 5.75 Å². The van der Waals surface area contributed by atoms with Crippen LogP contribution in [-0.2, 0) is 6.54 Å². The summed E-state index contributed by atoms with van der Waals surface area (Å²) in [7, 11) is 0. The van der Waals surface area contributed by atoms with Crippen LogP contribution >= 0.6 is 0 Å². The number of alkyl halides is 3. The molecule has 0 fully saturated rings. The maximum absolute atomic E-state index is 12.8. The lowest BCUT2D eigenvalue weighted by Crippen LogP contribution is -2.18. The quantitative estimate of drug-likeness (QED) is 0.869. The van der Waals surface area contributed by atoms with Gasteiger partial charge >= 0.3 is 6.36 Å². The van der Waals surface area contributed by atoms with Crippen LogP contribution in [0.1, 0.15) is 5.56 Å². The monoisotopic (exact) mass is 285 g/mol. The molecule has 0 saturated heterocycles. The lowest BCUT2D eigenvalue weighted by atomic mass is 10.0. The number of hydrogen-bond acceptors (Lipinski definition) is 2. The topological polar surface area (TPSA) is 35.2 Å². The Labute approximate surface area is 112 Å². The van der Waals surface area contributed by atoms with E-state index in [4.69, 9.17) is 5.73 Å².